The molecular formula is C20H22F2N5O7P. The van der Waals surface area contributed by atoms with Gasteiger partial charge in [0.2, 0.25) is 12.2 Å². The number of nitrogens with zero attached hydrogens (tertiary/aromatic N) is 3. The molecule has 2 aromatic heterocycles. The second kappa shape index (κ2) is 8.45. The lowest BCUT2D eigenvalue weighted by molar-refractivity contribution is -0.145. The average Bonchev–Trinajstić information content (AvgIpc) is 3.29. The number of fused-ring (bicyclic) bond motifs is 1. The van der Waals surface area contributed by atoms with Crippen LogP contribution in [-0.2, 0) is 22.9 Å². The van der Waals surface area contributed by atoms with Crippen LogP contribution < -0.4 is 11.5 Å². The van der Waals surface area contributed by atoms with Crippen LogP contribution in [0.25, 0.3) is 11.0 Å². The van der Waals surface area contributed by atoms with Crippen LogP contribution in [-0.4, -0.2) is 49.4 Å². The van der Waals surface area contributed by atoms with Gasteiger partial charge in [0.15, 0.2) is 17.9 Å². The molecule has 15 heteroatoms. The number of rotatable bonds is 4. The first-order chi connectivity index (χ1) is 16.5. The van der Waals surface area contributed by atoms with E-state index in [9.17, 15) is 23.6 Å². The number of aliphatic hydroxyl groups is 2. The molecule has 5 rings (SSSR count). The topological polar surface area (TPSA) is 177 Å². The molecular weight excluding hydrogens is 491 g/mol. The second-order valence-electron chi connectivity index (χ2n) is 8.37. The van der Waals surface area contributed by atoms with Crippen molar-refractivity contribution in [3.8, 4) is 0 Å². The summed E-state index contributed by atoms with van der Waals surface area (Å²) >= 11 is 0. The van der Waals surface area contributed by atoms with Crippen molar-refractivity contribution in [1.82, 2.24) is 14.5 Å². The van der Waals surface area contributed by atoms with Gasteiger partial charge in [-0.05, 0) is 19.1 Å². The van der Waals surface area contributed by atoms with Crippen LogP contribution in [0, 0.1) is 11.6 Å². The number of phosphoric acid groups is 1. The normalized spacial score (nSPS) is 33.4. The fourth-order valence-corrected chi connectivity index (χ4v) is 5.58. The monoisotopic (exact) mass is 513 g/mol. The van der Waals surface area contributed by atoms with Crippen LogP contribution in [0.4, 0.5) is 20.5 Å². The minimum atomic E-state index is -4.44. The zero-order valence-electron chi connectivity index (χ0n) is 18.2. The standard InChI is InChI=1S/C20H22F2N5O7P/c1-20(29)14(28)17(32-18(20)27-7-5-10-15(23)25-19(24)26-16(10)27)34-35(30)31-8-6-12(33-35)9-3-2-4-11(21)13(9)22/h2-5,7,12,14,17-18,28-29H,6,8H2,1H3,(H4,23,24,25,26)/t12-,14+,17?,18+,20+,35-/m0/s1. The lowest BCUT2D eigenvalue weighted by atomic mass is 9.99. The number of nitrogen functional groups attached to an aromatic ring is 2. The van der Waals surface area contributed by atoms with Crippen molar-refractivity contribution in [3.63, 3.8) is 0 Å². The van der Waals surface area contributed by atoms with E-state index in [1.165, 1.54) is 29.8 Å². The number of hydrogen-bond acceptors (Lipinski definition) is 11. The van der Waals surface area contributed by atoms with Crippen LogP contribution in [0.15, 0.2) is 30.5 Å². The average molecular weight is 513 g/mol. The molecule has 0 spiro atoms. The lowest BCUT2D eigenvalue weighted by Gasteiger charge is -2.31. The van der Waals surface area contributed by atoms with E-state index in [0.717, 1.165) is 6.07 Å². The summed E-state index contributed by atoms with van der Waals surface area (Å²) in [5.41, 5.74) is 9.63. The van der Waals surface area contributed by atoms with Gasteiger partial charge in [0, 0.05) is 18.2 Å². The minimum Gasteiger partial charge on any atom is -0.385 e. The van der Waals surface area contributed by atoms with Crippen molar-refractivity contribution in [3.05, 3.63) is 47.7 Å². The van der Waals surface area contributed by atoms with Gasteiger partial charge in [0.25, 0.3) is 0 Å². The zero-order chi connectivity index (χ0) is 25.1. The first kappa shape index (κ1) is 24.0. The molecule has 0 amide bonds. The number of halogens is 2. The van der Waals surface area contributed by atoms with E-state index < -0.39 is 49.8 Å². The molecule has 0 saturated carbocycles. The molecule has 35 heavy (non-hydrogen) atoms. The van der Waals surface area contributed by atoms with Crippen molar-refractivity contribution >= 4 is 30.6 Å². The van der Waals surface area contributed by atoms with Gasteiger partial charge in [-0.2, -0.15) is 9.97 Å². The Bertz CT molecular complexity index is 1340. The summed E-state index contributed by atoms with van der Waals surface area (Å²) in [6, 6.07) is 5.08. The summed E-state index contributed by atoms with van der Waals surface area (Å²) in [6.07, 6.45) is -4.29. The van der Waals surface area contributed by atoms with E-state index in [4.69, 9.17) is 29.8 Å². The van der Waals surface area contributed by atoms with Gasteiger partial charge in [0.05, 0.1) is 18.1 Å². The van der Waals surface area contributed by atoms with Crippen molar-refractivity contribution in [2.75, 3.05) is 18.1 Å². The number of nitrogens with two attached hydrogens (primary N) is 2. The van der Waals surface area contributed by atoms with Gasteiger partial charge in [-0.1, -0.05) is 12.1 Å². The van der Waals surface area contributed by atoms with Crippen molar-refractivity contribution in [2.45, 2.75) is 43.7 Å². The summed E-state index contributed by atoms with van der Waals surface area (Å²) in [5.74, 6) is -2.26. The Morgan fingerprint density at radius 1 is 1.29 bits per heavy atom. The van der Waals surface area contributed by atoms with Gasteiger partial charge in [0.1, 0.15) is 23.2 Å². The zero-order valence-corrected chi connectivity index (χ0v) is 19.1. The third-order valence-electron chi connectivity index (χ3n) is 5.94. The van der Waals surface area contributed by atoms with Crippen LogP contribution >= 0.6 is 7.82 Å². The predicted octanol–water partition coefficient (Wildman–Crippen LogP) is 2.14. The van der Waals surface area contributed by atoms with Gasteiger partial charge < -0.3 is 31.0 Å². The molecule has 0 bridgehead atoms. The van der Waals surface area contributed by atoms with Crippen LogP contribution in [0.5, 0.6) is 0 Å². The van der Waals surface area contributed by atoms with E-state index in [1.807, 2.05) is 0 Å². The quantitative estimate of drug-likeness (QED) is 0.376. The molecule has 1 unspecified atom stereocenters. The van der Waals surface area contributed by atoms with Crippen LogP contribution in [0.2, 0.25) is 0 Å². The highest BCUT2D eigenvalue weighted by Gasteiger charge is 2.57. The summed E-state index contributed by atoms with van der Waals surface area (Å²) in [5, 5.41) is 22.2. The molecule has 3 aromatic rings. The van der Waals surface area contributed by atoms with E-state index in [1.54, 1.807) is 6.07 Å². The summed E-state index contributed by atoms with van der Waals surface area (Å²) in [4.78, 5) is 7.98. The van der Waals surface area contributed by atoms with Crippen molar-refractivity contribution in [1.29, 1.82) is 0 Å². The lowest BCUT2D eigenvalue weighted by Crippen LogP contribution is -2.44. The van der Waals surface area contributed by atoms with Gasteiger partial charge in [-0.3, -0.25) is 13.6 Å². The largest absolute Gasteiger partial charge is 0.477 e. The molecule has 12 nitrogen and oxygen atoms in total. The number of aliphatic hydroxyl groups excluding tert-OH is 1. The number of benzene rings is 1. The second-order valence-corrected chi connectivity index (χ2v) is 9.94. The molecule has 4 heterocycles. The van der Waals surface area contributed by atoms with E-state index in [0.29, 0.717) is 5.39 Å². The first-order valence-corrected chi connectivity index (χ1v) is 12.0. The Balaban J connectivity index is 1.40. The Labute approximate surface area is 197 Å². The molecule has 1 aromatic carbocycles. The molecule has 0 aliphatic carbocycles. The number of anilines is 2. The maximum absolute atomic E-state index is 14.2. The Morgan fingerprint density at radius 3 is 2.83 bits per heavy atom. The highest BCUT2D eigenvalue weighted by Crippen LogP contribution is 2.59. The maximum atomic E-state index is 14.2. The third kappa shape index (κ3) is 4.06. The molecule has 2 aliphatic rings. The highest BCUT2D eigenvalue weighted by molar-refractivity contribution is 7.48. The van der Waals surface area contributed by atoms with E-state index >= 15 is 0 Å². The Morgan fingerprint density at radius 2 is 2.06 bits per heavy atom. The van der Waals surface area contributed by atoms with Crippen LogP contribution in [0.3, 0.4) is 0 Å². The fourth-order valence-electron chi connectivity index (χ4n) is 4.13. The van der Waals surface area contributed by atoms with Crippen LogP contribution in [0.1, 0.15) is 31.2 Å². The molecule has 6 N–H and O–H groups in total. The molecule has 0 radical (unpaired) electrons. The molecule has 2 aliphatic heterocycles. The van der Waals surface area contributed by atoms with Crippen molar-refractivity contribution in [2.24, 2.45) is 0 Å². The third-order valence-corrected chi connectivity index (χ3v) is 7.42. The SMILES string of the molecule is C[C@@]1(O)[C@H](O)C(O[P@@]2(=O)OCC[C@@H](c3cccc(F)c3F)O2)O[C@H]1n1ccc2c(N)nc(N)nc21. The summed E-state index contributed by atoms with van der Waals surface area (Å²) < 4.78 is 64.1. The van der Waals surface area contributed by atoms with Crippen molar-refractivity contribution < 1.29 is 41.9 Å². The van der Waals surface area contributed by atoms with E-state index in [-0.39, 0.29) is 36.0 Å². The predicted molar refractivity (Wildman–Crippen MR) is 116 cm³/mol. The first-order valence-electron chi connectivity index (χ1n) is 10.5. The molecule has 6 atom stereocenters. The van der Waals surface area contributed by atoms with Gasteiger partial charge in [-0.25, -0.2) is 13.3 Å². The molecule has 188 valence electrons. The number of aromatic nitrogens is 3. The number of hydrogen-bond donors (Lipinski definition) is 4. The minimum absolute atomic E-state index is 0.0695. The Hall–Kier alpha value is -2.71. The summed E-state index contributed by atoms with van der Waals surface area (Å²) in [6.45, 7) is 1.10. The maximum Gasteiger partial charge on any atom is 0.477 e. The van der Waals surface area contributed by atoms with Gasteiger partial charge >= 0.3 is 7.82 Å². The highest BCUT2D eigenvalue weighted by atomic mass is 31.2. The van der Waals surface area contributed by atoms with Gasteiger partial charge in [-0.15, -0.1) is 0 Å². The number of phosphoric ester groups is 1. The fraction of sp³-hybridized carbons (Fsp3) is 0.400. The Kier molecular flexibility index (Phi) is 5.79. The molecule has 2 fully saturated rings. The molecule has 2 saturated heterocycles. The smallest absolute Gasteiger partial charge is 0.385 e. The summed E-state index contributed by atoms with van der Waals surface area (Å²) in [7, 11) is -4.44. The number of ether oxygens (including phenoxy) is 1. The van der Waals surface area contributed by atoms with E-state index in [2.05, 4.69) is 9.97 Å².